The van der Waals surface area contributed by atoms with Crippen molar-refractivity contribution in [1.82, 2.24) is 9.29 Å². The lowest BCUT2D eigenvalue weighted by Gasteiger charge is -2.20. The summed E-state index contributed by atoms with van der Waals surface area (Å²) < 4.78 is 33.6. The molecule has 1 aliphatic heterocycles. The van der Waals surface area contributed by atoms with Crippen molar-refractivity contribution in [2.75, 3.05) is 25.5 Å². The normalized spacial score (nSPS) is 16.6. The van der Waals surface area contributed by atoms with Crippen LogP contribution >= 0.6 is 11.3 Å². The molecule has 33 heavy (non-hydrogen) atoms. The van der Waals surface area contributed by atoms with E-state index in [4.69, 9.17) is 4.74 Å². The van der Waals surface area contributed by atoms with Crippen molar-refractivity contribution in [3.8, 4) is 0 Å². The van der Waals surface area contributed by atoms with Gasteiger partial charge in [-0.1, -0.05) is 41.7 Å². The molecule has 1 aromatic heterocycles. The molecule has 1 fully saturated rings. The molecule has 9 heteroatoms. The summed E-state index contributed by atoms with van der Waals surface area (Å²) in [5.74, 6) is -0.338. The summed E-state index contributed by atoms with van der Waals surface area (Å²) >= 11 is 1.40. The topological polar surface area (TPSA) is 88.6 Å². The van der Waals surface area contributed by atoms with Crippen LogP contribution in [0, 0.1) is 0 Å². The van der Waals surface area contributed by atoms with Crippen molar-refractivity contribution in [3.05, 3.63) is 66.2 Å². The van der Waals surface area contributed by atoms with E-state index in [1.807, 2.05) is 36.4 Å². The second-order valence-corrected chi connectivity index (χ2v) is 11.1. The second kappa shape index (κ2) is 8.83. The van der Waals surface area contributed by atoms with Crippen LogP contribution in [0.15, 0.2) is 65.6 Å². The zero-order valence-corrected chi connectivity index (χ0v) is 19.7. The number of nitrogens with zero attached hydrogens (tertiary/aromatic N) is 2. The smallest absolute Gasteiger partial charge is 0.257 e. The van der Waals surface area contributed by atoms with Crippen LogP contribution in [0.5, 0.6) is 0 Å². The Morgan fingerprint density at radius 1 is 1.15 bits per heavy atom. The van der Waals surface area contributed by atoms with Crippen LogP contribution in [0.25, 0.3) is 21.0 Å². The van der Waals surface area contributed by atoms with Crippen LogP contribution < -0.4 is 5.32 Å². The number of rotatable bonds is 6. The Morgan fingerprint density at radius 2 is 1.94 bits per heavy atom. The summed E-state index contributed by atoms with van der Waals surface area (Å²) in [6.45, 7) is 0.990. The number of thiazole rings is 1. The van der Waals surface area contributed by atoms with E-state index in [9.17, 15) is 13.2 Å². The molecule has 0 unspecified atom stereocenters. The summed E-state index contributed by atoms with van der Waals surface area (Å²) in [7, 11) is -2.10. The van der Waals surface area contributed by atoms with Crippen molar-refractivity contribution in [3.63, 3.8) is 0 Å². The highest BCUT2D eigenvalue weighted by Crippen LogP contribution is 2.32. The minimum absolute atomic E-state index is 0.0687. The van der Waals surface area contributed by atoms with Gasteiger partial charge in [0.05, 0.1) is 21.2 Å². The van der Waals surface area contributed by atoms with Crippen molar-refractivity contribution < 1.29 is 17.9 Å². The van der Waals surface area contributed by atoms with E-state index >= 15 is 0 Å². The van der Waals surface area contributed by atoms with Crippen molar-refractivity contribution >= 4 is 53.4 Å². The summed E-state index contributed by atoms with van der Waals surface area (Å²) in [5.41, 5.74) is 1.21. The molecule has 1 aliphatic rings. The predicted octanol–water partition coefficient (Wildman–Crippen LogP) is 4.50. The standard InChI is InChI=1S/C24H23N3O4S2/c1-27(15-18-6-4-14-31-18)33(29,30)19-11-8-17(9-12-19)23(28)26-24-25-22-20-7-3-2-5-16(20)10-13-21(22)32-24/h2-3,5,7-13,18H,4,6,14-15H2,1H3,(H,25,26,28)/t18-/m1/s1. The van der Waals surface area contributed by atoms with Gasteiger partial charge < -0.3 is 4.74 Å². The molecule has 1 amide bonds. The van der Waals surface area contributed by atoms with Gasteiger partial charge in [0.1, 0.15) is 0 Å². The number of carbonyl (C=O) groups is 1. The van der Waals surface area contributed by atoms with Gasteiger partial charge in [-0.15, -0.1) is 0 Å². The van der Waals surface area contributed by atoms with Gasteiger partial charge in [-0.3, -0.25) is 10.1 Å². The zero-order valence-electron chi connectivity index (χ0n) is 18.0. The molecule has 0 aliphatic carbocycles. The lowest BCUT2D eigenvalue weighted by atomic mass is 10.1. The fraction of sp³-hybridized carbons (Fsp3) is 0.250. The predicted molar refractivity (Wildman–Crippen MR) is 130 cm³/mol. The summed E-state index contributed by atoms with van der Waals surface area (Å²) in [4.78, 5) is 17.5. The zero-order chi connectivity index (χ0) is 23.0. The first-order valence-electron chi connectivity index (χ1n) is 10.7. The van der Waals surface area contributed by atoms with E-state index in [1.54, 1.807) is 7.05 Å². The average molecular weight is 482 g/mol. The van der Waals surface area contributed by atoms with Gasteiger partial charge in [0.25, 0.3) is 5.91 Å². The van der Waals surface area contributed by atoms with Crippen molar-refractivity contribution in [2.45, 2.75) is 23.8 Å². The molecule has 1 atom stereocenters. The SMILES string of the molecule is CN(C[C@H]1CCCO1)S(=O)(=O)c1ccc(C(=O)Nc2nc3c(ccc4ccccc43)s2)cc1. The maximum atomic E-state index is 12.9. The van der Waals surface area contributed by atoms with Crippen LogP contribution in [-0.4, -0.2) is 49.9 Å². The molecule has 4 aromatic rings. The summed E-state index contributed by atoms with van der Waals surface area (Å²) in [6, 6.07) is 18.0. The number of aromatic nitrogens is 1. The number of fused-ring (bicyclic) bond motifs is 3. The molecule has 1 N–H and O–H groups in total. The van der Waals surface area contributed by atoms with E-state index in [0.29, 0.717) is 23.8 Å². The van der Waals surface area contributed by atoms with Gasteiger partial charge in [-0.25, -0.2) is 13.4 Å². The molecule has 1 saturated heterocycles. The van der Waals surface area contributed by atoms with Crippen LogP contribution in [-0.2, 0) is 14.8 Å². The number of nitrogens with one attached hydrogen (secondary N) is 1. The molecule has 0 bridgehead atoms. The van der Waals surface area contributed by atoms with Gasteiger partial charge in [0.2, 0.25) is 10.0 Å². The molecular formula is C24H23N3O4S2. The number of likely N-dealkylation sites (N-methyl/N-ethyl adjacent to an activating group) is 1. The minimum atomic E-state index is -3.65. The molecular weight excluding hydrogens is 458 g/mol. The number of sulfonamides is 1. The molecule has 2 heterocycles. The minimum Gasteiger partial charge on any atom is -0.377 e. The number of benzene rings is 3. The maximum Gasteiger partial charge on any atom is 0.257 e. The third-order valence-electron chi connectivity index (χ3n) is 5.81. The highest BCUT2D eigenvalue weighted by atomic mass is 32.2. The Balaban J connectivity index is 1.32. The first kappa shape index (κ1) is 22.0. The lowest BCUT2D eigenvalue weighted by molar-refractivity contribution is 0.0979. The van der Waals surface area contributed by atoms with Gasteiger partial charge >= 0.3 is 0 Å². The van der Waals surface area contributed by atoms with E-state index in [1.165, 1.54) is 39.9 Å². The van der Waals surface area contributed by atoms with Crippen LogP contribution in [0.4, 0.5) is 5.13 Å². The number of hydrogen-bond acceptors (Lipinski definition) is 6. The number of hydrogen-bond donors (Lipinski definition) is 1. The summed E-state index contributed by atoms with van der Waals surface area (Å²) in [5, 5.41) is 5.46. The molecule has 0 saturated carbocycles. The Hall–Kier alpha value is -2.85. The van der Waals surface area contributed by atoms with E-state index in [2.05, 4.69) is 10.3 Å². The molecule has 170 valence electrons. The third-order valence-corrected chi connectivity index (χ3v) is 8.59. The van der Waals surface area contributed by atoms with E-state index in [-0.39, 0.29) is 16.9 Å². The lowest BCUT2D eigenvalue weighted by Crippen LogP contribution is -2.34. The average Bonchev–Trinajstić information content (AvgIpc) is 3.48. The monoisotopic (exact) mass is 481 g/mol. The fourth-order valence-electron chi connectivity index (χ4n) is 4.02. The number of anilines is 1. The van der Waals surface area contributed by atoms with Gasteiger partial charge in [0, 0.05) is 31.1 Å². The largest absolute Gasteiger partial charge is 0.377 e. The van der Waals surface area contributed by atoms with Crippen LogP contribution in [0.2, 0.25) is 0 Å². The molecule has 0 spiro atoms. The molecule has 7 nitrogen and oxygen atoms in total. The molecule has 0 radical (unpaired) electrons. The molecule has 3 aromatic carbocycles. The highest BCUT2D eigenvalue weighted by molar-refractivity contribution is 7.89. The van der Waals surface area contributed by atoms with Gasteiger partial charge in [-0.05, 0) is 48.6 Å². The van der Waals surface area contributed by atoms with E-state index < -0.39 is 10.0 Å². The van der Waals surface area contributed by atoms with Crippen LogP contribution in [0.1, 0.15) is 23.2 Å². The third kappa shape index (κ3) is 4.37. The van der Waals surface area contributed by atoms with Crippen molar-refractivity contribution in [2.24, 2.45) is 0 Å². The Labute approximate surface area is 196 Å². The fourth-order valence-corrected chi connectivity index (χ4v) is 6.10. The van der Waals surface area contributed by atoms with Crippen molar-refractivity contribution in [1.29, 1.82) is 0 Å². The molecule has 5 rings (SSSR count). The second-order valence-electron chi connectivity index (χ2n) is 8.05. The first-order chi connectivity index (χ1) is 15.9. The van der Waals surface area contributed by atoms with Crippen LogP contribution in [0.3, 0.4) is 0 Å². The summed E-state index contributed by atoms with van der Waals surface area (Å²) in [6.07, 6.45) is 1.74. The quantitative estimate of drug-likeness (QED) is 0.438. The Kier molecular flexibility index (Phi) is 5.88. The Morgan fingerprint density at radius 3 is 2.70 bits per heavy atom. The number of carbonyl (C=O) groups excluding carboxylic acids is 1. The first-order valence-corrected chi connectivity index (χ1v) is 12.9. The van der Waals surface area contributed by atoms with Gasteiger partial charge in [-0.2, -0.15) is 4.31 Å². The number of ether oxygens (including phenoxy) is 1. The Bertz CT molecular complexity index is 1430. The number of amides is 1. The highest BCUT2D eigenvalue weighted by Gasteiger charge is 2.26. The van der Waals surface area contributed by atoms with Gasteiger partial charge in [0.15, 0.2) is 5.13 Å². The van der Waals surface area contributed by atoms with E-state index in [0.717, 1.165) is 33.8 Å². The maximum absolute atomic E-state index is 12.9.